The number of aryl methyl sites for hydroxylation is 1. The Morgan fingerprint density at radius 3 is 2.48 bits per heavy atom. The molecule has 12 heteroatoms. The minimum Gasteiger partial charge on any atom is -0.494 e. The second-order valence-electron chi connectivity index (χ2n) is 11.5. The van der Waals surface area contributed by atoms with Crippen LogP contribution in [0.3, 0.4) is 0 Å². The minimum atomic E-state index is -1.15. The molecule has 206 valence electrons. The normalized spacial score (nSPS) is 24.7. The molecule has 3 aromatic heterocycles. The zero-order chi connectivity index (χ0) is 27.4. The highest BCUT2D eigenvalue weighted by molar-refractivity contribution is 5.94. The van der Waals surface area contributed by atoms with Gasteiger partial charge in [-0.25, -0.2) is 14.8 Å². The topological polar surface area (TPSA) is 145 Å². The number of aromatic nitrogens is 7. The van der Waals surface area contributed by atoms with E-state index in [0.717, 1.165) is 23.4 Å². The number of nitrogens with one attached hydrogen (secondary N) is 2. The molecule has 0 amide bonds. The average molecular weight is 542 g/mol. The van der Waals surface area contributed by atoms with E-state index in [2.05, 4.69) is 35.4 Å². The van der Waals surface area contributed by atoms with E-state index >= 15 is 0 Å². The van der Waals surface area contributed by atoms with Crippen molar-refractivity contribution >= 4 is 29.1 Å². The summed E-state index contributed by atoms with van der Waals surface area (Å²) in [5.74, 6) is 2.65. The van der Waals surface area contributed by atoms with Crippen molar-refractivity contribution in [3.63, 3.8) is 0 Å². The van der Waals surface area contributed by atoms with Crippen LogP contribution in [-0.2, 0) is 12.6 Å². The van der Waals surface area contributed by atoms with E-state index in [-0.39, 0.29) is 22.9 Å². The number of benzene rings is 1. The molecule has 0 aliphatic heterocycles. The molecule has 4 bridgehead atoms. The average Bonchev–Trinajstić information content (AvgIpc) is 3.57. The summed E-state index contributed by atoms with van der Waals surface area (Å²) in [6.45, 7) is 0. The summed E-state index contributed by atoms with van der Waals surface area (Å²) in [6.07, 6.45) is 14.5. The van der Waals surface area contributed by atoms with Crippen molar-refractivity contribution in [2.24, 2.45) is 24.8 Å². The largest absolute Gasteiger partial charge is 0.494 e. The number of ether oxygens (including phenoxy) is 1. The number of aromatic carboxylic acids is 1. The number of anilines is 4. The molecule has 4 aromatic rings. The Kier molecular flexibility index (Phi) is 5.72. The van der Waals surface area contributed by atoms with E-state index in [1.54, 1.807) is 37.4 Å². The first kappa shape index (κ1) is 24.6. The fourth-order valence-electron chi connectivity index (χ4n) is 7.44. The van der Waals surface area contributed by atoms with Gasteiger partial charge in [0.05, 0.1) is 35.8 Å². The number of rotatable bonds is 8. The van der Waals surface area contributed by atoms with Crippen LogP contribution in [0.4, 0.5) is 23.1 Å². The third-order valence-electron chi connectivity index (χ3n) is 8.66. The fourth-order valence-corrected chi connectivity index (χ4v) is 7.44. The Morgan fingerprint density at radius 1 is 1.07 bits per heavy atom. The highest BCUT2D eigenvalue weighted by Crippen LogP contribution is 2.58. The smallest absolute Gasteiger partial charge is 0.341 e. The van der Waals surface area contributed by atoms with E-state index in [4.69, 9.17) is 9.84 Å². The summed E-state index contributed by atoms with van der Waals surface area (Å²) in [4.78, 5) is 25.1. The molecule has 40 heavy (non-hydrogen) atoms. The Labute approximate surface area is 230 Å². The maximum atomic E-state index is 12.0. The molecule has 4 saturated carbocycles. The number of hydrogen-bond acceptors (Lipinski definition) is 9. The molecule has 0 saturated heterocycles. The highest BCUT2D eigenvalue weighted by atomic mass is 16.5. The molecule has 3 heterocycles. The SMILES string of the molecule is COc1c(Nc2nc(Nc3cnn([C@]45C[C@H]6C[C@H](C[C@H](C6)C4)C5)c3)ncc2C(=O)O)cccc1-c1ncn(C)n1. The number of carboxylic acids is 1. The van der Waals surface area contributed by atoms with Crippen LogP contribution < -0.4 is 15.4 Å². The van der Waals surface area contributed by atoms with Gasteiger partial charge in [0.25, 0.3) is 0 Å². The lowest BCUT2D eigenvalue weighted by Crippen LogP contribution is -2.52. The zero-order valence-electron chi connectivity index (χ0n) is 22.4. The molecule has 4 aliphatic carbocycles. The van der Waals surface area contributed by atoms with Crippen LogP contribution in [0.1, 0.15) is 48.9 Å². The first-order chi connectivity index (χ1) is 19.4. The van der Waals surface area contributed by atoms with Crippen molar-refractivity contribution in [3.05, 3.63) is 48.7 Å². The quantitative estimate of drug-likeness (QED) is 0.290. The highest BCUT2D eigenvalue weighted by Gasteiger charge is 2.52. The van der Waals surface area contributed by atoms with Gasteiger partial charge in [0, 0.05) is 19.4 Å². The predicted molar refractivity (Wildman–Crippen MR) is 147 cm³/mol. The molecule has 0 atom stereocenters. The van der Waals surface area contributed by atoms with Crippen molar-refractivity contribution in [1.29, 1.82) is 0 Å². The molecule has 0 unspecified atom stereocenters. The number of methoxy groups -OCH3 is 1. The summed E-state index contributed by atoms with van der Waals surface area (Å²) in [5.41, 5.74) is 1.99. The van der Waals surface area contributed by atoms with Gasteiger partial charge in [-0.1, -0.05) is 6.07 Å². The molecule has 12 nitrogen and oxygen atoms in total. The van der Waals surface area contributed by atoms with Gasteiger partial charge in [0.2, 0.25) is 5.95 Å². The van der Waals surface area contributed by atoms with Crippen LogP contribution in [0.5, 0.6) is 5.75 Å². The minimum absolute atomic E-state index is 0.0711. The third-order valence-corrected chi connectivity index (χ3v) is 8.66. The van der Waals surface area contributed by atoms with Gasteiger partial charge in [0.1, 0.15) is 11.9 Å². The van der Waals surface area contributed by atoms with Crippen LogP contribution in [-0.4, -0.2) is 52.7 Å². The van der Waals surface area contributed by atoms with Gasteiger partial charge in [0.15, 0.2) is 17.4 Å². The molecular formula is C28H31N9O3. The van der Waals surface area contributed by atoms with Gasteiger partial charge in [-0.3, -0.25) is 9.36 Å². The van der Waals surface area contributed by atoms with Crippen molar-refractivity contribution in [1.82, 2.24) is 34.5 Å². The second-order valence-corrected chi connectivity index (χ2v) is 11.5. The summed E-state index contributed by atoms with van der Waals surface area (Å²) < 4.78 is 9.43. The van der Waals surface area contributed by atoms with Crippen molar-refractivity contribution in [2.45, 2.75) is 44.1 Å². The molecule has 8 rings (SSSR count). The Bertz CT molecular complexity index is 1560. The van der Waals surface area contributed by atoms with Crippen LogP contribution in [0.25, 0.3) is 11.4 Å². The lowest BCUT2D eigenvalue weighted by atomic mass is 9.53. The number of carboxylic acid groups (broad SMARTS) is 1. The first-order valence-electron chi connectivity index (χ1n) is 13.6. The van der Waals surface area contributed by atoms with Crippen molar-refractivity contribution in [2.75, 3.05) is 17.7 Å². The van der Waals surface area contributed by atoms with Crippen LogP contribution in [0.2, 0.25) is 0 Å². The van der Waals surface area contributed by atoms with Gasteiger partial charge in [-0.15, -0.1) is 0 Å². The number of carbonyl (C=O) groups is 1. The standard InChI is InChI=1S/C28H31N9O3/c1-36-15-30-24(35-36)20-4-3-5-22(23(20)40-2)33-25-21(26(38)39)13-29-27(34-25)32-19-12-31-37(14-19)28-9-16-6-17(10-28)8-18(7-16)11-28/h3-5,12-18H,6-11H2,1-2H3,(H,38,39)(H2,29,32,33,34)/t16-,17+,18-,28-. The molecule has 0 spiro atoms. The van der Waals surface area contributed by atoms with E-state index in [0.29, 0.717) is 22.8 Å². The summed E-state index contributed by atoms with van der Waals surface area (Å²) in [7, 11) is 3.33. The van der Waals surface area contributed by atoms with E-state index in [1.165, 1.54) is 44.7 Å². The second kappa shape index (κ2) is 9.32. The van der Waals surface area contributed by atoms with Gasteiger partial charge in [-0.2, -0.15) is 15.2 Å². The molecule has 4 aliphatic rings. The summed E-state index contributed by atoms with van der Waals surface area (Å²) in [5, 5.41) is 25.3. The summed E-state index contributed by atoms with van der Waals surface area (Å²) >= 11 is 0. The van der Waals surface area contributed by atoms with E-state index < -0.39 is 5.97 Å². The maximum Gasteiger partial charge on any atom is 0.341 e. The van der Waals surface area contributed by atoms with Crippen LogP contribution in [0, 0.1) is 17.8 Å². The number of nitrogens with zero attached hydrogens (tertiary/aromatic N) is 7. The third kappa shape index (κ3) is 4.23. The molecule has 0 radical (unpaired) electrons. The fraction of sp³-hybridized carbons (Fsp3) is 0.429. The Hall–Kier alpha value is -4.48. The van der Waals surface area contributed by atoms with Crippen LogP contribution in [0.15, 0.2) is 43.1 Å². The maximum absolute atomic E-state index is 12.0. The molecular weight excluding hydrogens is 510 g/mol. The van der Waals surface area contributed by atoms with E-state index in [9.17, 15) is 9.90 Å². The summed E-state index contributed by atoms with van der Waals surface area (Å²) in [6, 6.07) is 5.43. The Balaban J connectivity index is 1.16. The zero-order valence-corrected chi connectivity index (χ0v) is 22.4. The number of hydrogen-bond donors (Lipinski definition) is 3. The molecule has 4 fully saturated rings. The van der Waals surface area contributed by atoms with Crippen LogP contribution >= 0.6 is 0 Å². The lowest BCUT2D eigenvalue weighted by molar-refractivity contribution is -0.0493. The predicted octanol–water partition coefficient (Wildman–Crippen LogP) is 4.59. The monoisotopic (exact) mass is 541 g/mol. The first-order valence-corrected chi connectivity index (χ1v) is 13.6. The van der Waals surface area contributed by atoms with Gasteiger partial charge >= 0.3 is 5.97 Å². The lowest BCUT2D eigenvalue weighted by Gasteiger charge is -2.56. The van der Waals surface area contributed by atoms with Gasteiger partial charge < -0.3 is 20.5 Å². The van der Waals surface area contributed by atoms with Gasteiger partial charge in [-0.05, 0) is 68.4 Å². The number of para-hydroxylation sites is 1. The molecule has 3 N–H and O–H groups in total. The van der Waals surface area contributed by atoms with Crippen molar-refractivity contribution in [3.8, 4) is 17.1 Å². The Morgan fingerprint density at radius 2 is 1.82 bits per heavy atom. The van der Waals surface area contributed by atoms with E-state index in [1.807, 2.05) is 18.3 Å². The van der Waals surface area contributed by atoms with Crippen molar-refractivity contribution < 1.29 is 14.6 Å². The molecule has 1 aromatic carbocycles.